The van der Waals surface area contributed by atoms with Crippen LogP contribution >= 0.6 is 24.0 Å². The molecule has 0 spiro atoms. The number of ether oxygens (including phenoxy) is 3. The van der Waals surface area contributed by atoms with E-state index in [1.807, 2.05) is 0 Å². The number of rotatable bonds is 6. The van der Waals surface area contributed by atoms with Crippen molar-refractivity contribution in [1.82, 2.24) is 9.80 Å². The number of carbonyl (C=O) groups is 4. The molecule has 3 N–H and O–H groups in total. The lowest BCUT2D eigenvalue weighted by molar-refractivity contribution is -0.147. The molecule has 0 aromatic heterocycles. The molecule has 2 amide bonds. The van der Waals surface area contributed by atoms with Crippen LogP contribution in [0.25, 0.3) is 0 Å². The normalized spacial score (nSPS) is 12.6. The molecule has 0 bridgehead atoms. The van der Waals surface area contributed by atoms with Crippen LogP contribution in [0.4, 0.5) is 9.59 Å². The van der Waals surface area contributed by atoms with Crippen LogP contribution in [0.2, 0.25) is 0 Å². The summed E-state index contributed by atoms with van der Waals surface area (Å²) in [7, 11) is 3.82. The third-order valence-corrected chi connectivity index (χ3v) is 3.40. The lowest BCUT2D eigenvalue weighted by Gasteiger charge is -2.28. The minimum absolute atomic E-state index is 0. The molecule has 0 saturated carbocycles. The third kappa shape index (κ3) is 14.2. The topological polar surface area (TPSA) is 163 Å². The van der Waals surface area contributed by atoms with Crippen molar-refractivity contribution in [2.75, 3.05) is 34.4 Å². The summed E-state index contributed by atoms with van der Waals surface area (Å²) < 4.78 is 14.4. The van der Waals surface area contributed by atoms with Crippen LogP contribution in [0.5, 0.6) is 0 Å². The fourth-order valence-electron chi connectivity index (χ4n) is 1.78. The fourth-order valence-corrected chi connectivity index (χ4v) is 1.78. The molecule has 12 nitrogen and oxygen atoms in total. The van der Waals surface area contributed by atoms with Gasteiger partial charge in [-0.3, -0.25) is 9.80 Å². The average molecular weight is 580 g/mol. The Morgan fingerprint density at radius 3 is 1.31 bits per heavy atom. The van der Waals surface area contributed by atoms with Crippen molar-refractivity contribution in [3.8, 4) is 0 Å². The highest BCUT2D eigenvalue weighted by atomic mass is 127. The summed E-state index contributed by atoms with van der Waals surface area (Å²) in [6, 6.07) is -2.32. The number of likely N-dealkylation sites (N-methyl/N-ethyl adjacent to an activating group) is 2. The summed E-state index contributed by atoms with van der Waals surface area (Å²) in [5.74, 6) is -1.96. The number of carbonyl (C=O) groups excluding carboxylic acids is 3. The summed E-state index contributed by atoms with van der Waals surface area (Å²) in [4.78, 5) is 46.7. The zero-order chi connectivity index (χ0) is 25.2. The average Bonchev–Trinajstić information content (AvgIpc) is 2.59. The van der Waals surface area contributed by atoms with Gasteiger partial charge in [0.2, 0.25) is 0 Å². The highest BCUT2D eigenvalue weighted by molar-refractivity contribution is 14.0. The Hall–Kier alpha value is -1.87. The number of hydrogen-bond donors (Lipinski definition) is 3. The molecule has 0 aromatic carbocycles. The number of carboxylic acid groups (broad SMARTS) is 1. The summed E-state index contributed by atoms with van der Waals surface area (Å²) in [6.45, 7) is 9.00. The Morgan fingerprint density at radius 1 is 0.781 bits per heavy atom. The predicted octanol–water partition coefficient (Wildman–Crippen LogP) is 1.30. The van der Waals surface area contributed by atoms with E-state index >= 15 is 0 Å². The van der Waals surface area contributed by atoms with E-state index in [9.17, 15) is 19.2 Å². The Bertz CT molecular complexity index is 616. The third-order valence-electron chi connectivity index (χ3n) is 3.40. The molecule has 2 atom stereocenters. The molecule has 190 valence electrons. The highest BCUT2D eigenvalue weighted by Crippen LogP contribution is 2.12. The first-order valence-corrected chi connectivity index (χ1v) is 9.35. The van der Waals surface area contributed by atoms with Gasteiger partial charge in [-0.25, -0.2) is 19.2 Å². The molecular formula is C19H37IN2O10. The maximum absolute atomic E-state index is 11.6. The van der Waals surface area contributed by atoms with E-state index in [0.717, 1.165) is 9.80 Å². The van der Waals surface area contributed by atoms with Gasteiger partial charge in [-0.05, 0) is 41.5 Å². The molecule has 32 heavy (non-hydrogen) atoms. The number of halogens is 1. The van der Waals surface area contributed by atoms with E-state index in [0.29, 0.717) is 0 Å². The van der Waals surface area contributed by atoms with Gasteiger partial charge < -0.3 is 29.5 Å². The van der Waals surface area contributed by atoms with Crippen molar-refractivity contribution in [1.29, 1.82) is 0 Å². The second kappa shape index (κ2) is 15.1. The number of hydrogen-bond acceptors (Lipinski definition) is 9. The molecule has 0 aromatic rings. The van der Waals surface area contributed by atoms with Gasteiger partial charge in [0.25, 0.3) is 0 Å². The molecule has 0 heterocycles. The highest BCUT2D eigenvalue weighted by Gasteiger charge is 2.30. The zero-order valence-corrected chi connectivity index (χ0v) is 22.4. The van der Waals surface area contributed by atoms with Crippen molar-refractivity contribution < 1.29 is 48.7 Å². The smallest absolute Gasteiger partial charge is 0.410 e. The number of esters is 1. The molecule has 2 unspecified atom stereocenters. The first-order chi connectivity index (χ1) is 13.9. The number of aliphatic carboxylic acids is 1. The predicted molar refractivity (Wildman–Crippen MR) is 125 cm³/mol. The number of carboxylic acids is 1. The van der Waals surface area contributed by atoms with Gasteiger partial charge in [0.1, 0.15) is 11.2 Å². The van der Waals surface area contributed by atoms with Crippen LogP contribution in [-0.2, 0) is 23.8 Å². The molecule has 13 heteroatoms. The van der Waals surface area contributed by atoms with Crippen molar-refractivity contribution in [3.63, 3.8) is 0 Å². The van der Waals surface area contributed by atoms with E-state index in [1.165, 1.54) is 21.2 Å². The summed E-state index contributed by atoms with van der Waals surface area (Å²) >= 11 is 0. The lowest BCUT2D eigenvalue weighted by atomic mass is 10.2. The largest absolute Gasteiger partial charge is 0.480 e. The fraction of sp³-hybridized carbons (Fsp3) is 0.789. The van der Waals surface area contributed by atoms with Crippen molar-refractivity contribution >= 4 is 48.1 Å². The van der Waals surface area contributed by atoms with Crippen LogP contribution in [0.3, 0.4) is 0 Å². The molecule has 0 fully saturated rings. The molecule has 0 saturated heterocycles. The van der Waals surface area contributed by atoms with E-state index in [1.54, 1.807) is 41.5 Å². The Balaban J connectivity index is -0.000000511. The number of aliphatic hydroxyl groups excluding tert-OH is 2. The van der Waals surface area contributed by atoms with Gasteiger partial charge in [-0.1, -0.05) is 0 Å². The maximum Gasteiger partial charge on any atom is 0.410 e. The zero-order valence-electron chi connectivity index (χ0n) is 20.1. The molecule has 0 rings (SSSR count). The van der Waals surface area contributed by atoms with Crippen LogP contribution in [-0.4, -0.2) is 107 Å². The van der Waals surface area contributed by atoms with E-state index in [2.05, 4.69) is 4.74 Å². The van der Waals surface area contributed by atoms with E-state index in [-0.39, 0.29) is 24.0 Å². The maximum atomic E-state index is 11.6. The van der Waals surface area contributed by atoms with Crippen molar-refractivity contribution in [3.05, 3.63) is 0 Å². The first kappa shape index (κ1) is 34.7. The van der Waals surface area contributed by atoms with Crippen LogP contribution < -0.4 is 0 Å². The SMILES string of the molecule is CN(C(=O)OC(C)(C)C)C(CO)C(=O)O.COC(=O)C(CO)N(C)C(=O)OC(C)(C)C.I. The number of aliphatic hydroxyl groups is 2. The van der Waals surface area contributed by atoms with Crippen LogP contribution in [0.15, 0.2) is 0 Å². The van der Waals surface area contributed by atoms with Gasteiger partial charge in [0, 0.05) is 14.1 Å². The van der Waals surface area contributed by atoms with Gasteiger partial charge >= 0.3 is 24.1 Å². The molecular weight excluding hydrogens is 543 g/mol. The Kier molecular flexibility index (Phi) is 16.3. The standard InChI is InChI=1S/C10H19NO5.C9H17NO5.HI/c1-10(2,3)16-9(14)11(4)7(6-12)8(13)15-5;1-9(2,3)15-8(14)10(4)6(5-11)7(12)13;/h7,12H,6H2,1-5H3;6,11H,5H2,1-4H3,(H,12,13);1H. The van der Waals surface area contributed by atoms with Gasteiger partial charge in [0.15, 0.2) is 12.1 Å². The quantitative estimate of drug-likeness (QED) is 0.237. The van der Waals surface area contributed by atoms with Crippen molar-refractivity contribution in [2.24, 2.45) is 0 Å². The first-order valence-electron chi connectivity index (χ1n) is 9.35. The summed E-state index contributed by atoms with van der Waals surface area (Å²) in [5, 5.41) is 26.5. The summed E-state index contributed by atoms with van der Waals surface area (Å²) in [5.41, 5.74) is -1.34. The van der Waals surface area contributed by atoms with E-state index < -0.39 is 60.6 Å². The number of methoxy groups -OCH3 is 1. The minimum atomic E-state index is -1.28. The molecule has 0 aliphatic rings. The second-order valence-electron chi connectivity index (χ2n) is 8.44. The van der Waals surface area contributed by atoms with Gasteiger partial charge in [-0.15, -0.1) is 24.0 Å². The van der Waals surface area contributed by atoms with Gasteiger partial charge in [-0.2, -0.15) is 0 Å². The monoisotopic (exact) mass is 580 g/mol. The second-order valence-corrected chi connectivity index (χ2v) is 8.44. The van der Waals surface area contributed by atoms with Crippen LogP contribution in [0.1, 0.15) is 41.5 Å². The number of nitrogens with zero attached hydrogens (tertiary/aromatic N) is 2. The molecule has 0 aliphatic heterocycles. The van der Waals surface area contributed by atoms with Gasteiger partial charge in [0.05, 0.1) is 20.3 Å². The summed E-state index contributed by atoms with van der Waals surface area (Å²) in [6.07, 6.45) is -1.46. The Labute approximate surface area is 205 Å². The van der Waals surface area contributed by atoms with Crippen LogP contribution in [0, 0.1) is 0 Å². The van der Waals surface area contributed by atoms with Crippen molar-refractivity contribution in [2.45, 2.75) is 64.8 Å². The lowest BCUT2D eigenvalue weighted by Crippen LogP contribution is -2.47. The molecule has 0 radical (unpaired) electrons. The number of amides is 2. The molecule has 0 aliphatic carbocycles. The van der Waals surface area contributed by atoms with E-state index in [4.69, 9.17) is 24.8 Å². The minimum Gasteiger partial charge on any atom is -0.480 e. The Morgan fingerprint density at radius 2 is 1.09 bits per heavy atom.